The SMILES string of the molecule is CC(C)(OCc1cc(-c2cccc(OC3CC3)c2)n(-c2cccc3cnn(COCC[Si](C)(C)C)c23)n1)C(=O)O. The fraction of sp³-hybridized carbons (Fsp3) is 0.433. The van der Waals surface area contributed by atoms with Crippen molar-refractivity contribution in [2.24, 2.45) is 0 Å². The van der Waals surface area contributed by atoms with E-state index < -0.39 is 19.6 Å². The number of para-hydroxylation sites is 1. The summed E-state index contributed by atoms with van der Waals surface area (Å²) in [5, 5.41) is 20.0. The molecule has 9 nitrogen and oxygen atoms in total. The maximum absolute atomic E-state index is 11.6. The Morgan fingerprint density at radius 2 is 1.90 bits per heavy atom. The molecular formula is C30H38N4O5Si. The van der Waals surface area contributed by atoms with Gasteiger partial charge in [-0.2, -0.15) is 10.2 Å². The Hall–Kier alpha value is -3.47. The van der Waals surface area contributed by atoms with E-state index in [1.165, 1.54) is 13.8 Å². The number of rotatable bonds is 13. The number of nitrogens with zero attached hydrogens (tertiary/aromatic N) is 4. The van der Waals surface area contributed by atoms with E-state index in [9.17, 15) is 9.90 Å². The molecule has 0 aliphatic heterocycles. The lowest BCUT2D eigenvalue weighted by Gasteiger charge is -2.19. The van der Waals surface area contributed by atoms with Crippen LogP contribution < -0.4 is 4.74 Å². The monoisotopic (exact) mass is 562 g/mol. The van der Waals surface area contributed by atoms with Gasteiger partial charge in [-0.15, -0.1) is 0 Å². The molecule has 40 heavy (non-hydrogen) atoms. The standard InChI is InChI=1S/C30H38N4O5Si/c1-30(2,29(35)36)38-19-23-17-27(21-8-6-10-25(16-21)39-24-12-13-24)34(32-23)26-11-7-9-22-18-31-33(28(22)26)20-37-14-15-40(3,4)5/h6-11,16-18,24H,12-15,19-20H2,1-5H3,(H,35,36). The van der Waals surface area contributed by atoms with Crippen LogP contribution >= 0.6 is 0 Å². The van der Waals surface area contributed by atoms with E-state index >= 15 is 0 Å². The molecule has 1 aliphatic rings. The topological polar surface area (TPSA) is 101 Å². The van der Waals surface area contributed by atoms with Crippen LogP contribution in [0, 0.1) is 0 Å². The van der Waals surface area contributed by atoms with Gasteiger partial charge in [-0.05, 0) is 57.0 Å². The number of aliphatic carboxylic acids is 1. The van der Waals surface area contributed by atoms with Crippen LogP contribution in [0.1, 0.15) is 32.4 Å². The predicted octanol–water partition coefficient (Wildman–Crippen LogP) is 6.12. The summed E-state index contributed by atoms with van der Waals surface area (Å²) >= 11 is 0. The second-order valence-electron chi connectivity index (χ2n) is 12.1. The van der Waals surface area contributed by atoms with Gasteiger partial charge in [-0.1, -0.05) is 43.9 Å². The number of fused-ring (bicyclic) bond motifs is 1. The largest absolute Gasteiger partial charge is 0.490 e. The Kier molecular flexibility index (Phi) is 7.85. The molecule has 0 radical (unpaired) electrons. The molecule has 4 aromatic rings. The van der Waals surface area contributed by atoms with Crippen LogP contribution in [0.25, 0.3) is 27.8 Å². The number of ether oxygens (including phenoxy) is 3. The van der Waals surface area contributed by atoms with Gasteiger partial charge in [0.05, 0.1) is 41.5 Å². The highest BCUT2D eigenvalue weighted by atomic mass is 28.3. The van der Waals surface area contributed by atoms with Crippen molar-refractivity contribution in [3.8, 4) is 22.7 Å². The molecule has 1 saturated carbocycles. The number of hydrogen-bond acceptors (Lipinski definition) is 6. The second-order valence-corrected chi connectivity index (χ2v) is 17.7. The molecule has 1 N–H and O–H groups in total. The molecular weight excluding hydrogens is 524 g/mol. The Labute approximate surface area is 235 Å². The number of carboxylic acid groups (broad SMARTS) is 1. The average Bonchev–Trinajstić information content (AvgIpc) is 3.45. The lowest BCUT2D eigenvalue weighted by atomic mass is 10.1. The molecule has 0 saturated heterocycles. The molecule has 2 aromatic carbocycles. The van der Waals surface area contributed by atoms with Gasteiger partial charge in [0.25, 0.3) is 0 Å². The van der Waals surface area contributed by atoms with Crippen LogP contribution in [0.5, 0.6) is 5.75 Å². The van der Waals surface area contributed by atoms with E-state index in [0.29, 0.717) is 19.0 Å². The van der Waals surface area contributed by atoms with Gasteiger partial charge in [0.1, 0.15) is 12.5 Å². The van der Waals surface area contributed by atoms with Gasteiger partial charge in [0.15, 0.2) is 5.60 Å². The van der Waals surface area contributed by atoms with Crippen molar-refractivity contribution < 1.29 is 24.1 Å². The zero-order chi connectivity index (χ0) is 28.5. The van der Waals surface area contributed by atoms with Crippen molar-refractivity contribution in [3.05, 3.63) is 60.4 Å². The molecule has 212 valence electrons. The summed E-state index contributed by atoms with van der Waals surface area (Å²) in [6.07, 6.45) is 4.28. The smallest absolute Gasteiger partial charge is 0.335 e. The van der Waals surface area contributed by atoms with Gasteiger partial charge in [-0.25, -0.2) is 14.2 Å². The van der Waals surface area contributed by atoms with Crippen LogP contribution in [0.4, 0.5) is 0 Å². The van der Waals surface area contributed by atoms with Gasteiger partial charge >= 0.3 is 5.97 Å². The quantitative estimate of drug-likeness (QED) is 0.155. The Balaban J connectivity index is 1.53. The third kappa shape index (κ3) is 6.63. The number of carbonyl (C=O) groups is 1. The molecule has 2 aromatic heterocycles. The van der Waals surface area contributed by atoms with Gasteiger partial charge in [-0.3, -0.25) is 0 Å². The van der Waals surface area contributed by atoms with E-state index in [0.717, 1.165) is 52.5 Å². The lowest BCUT2D eigenvalue weighted by molar-refractivity contribution is -0.162. The zero-order valence-electron chi connectivity index (χ0n) is 23.9. The molecule has 10 heteroatoms. The summed E-state index contributed by atoms with van der Waals surface area (Å²) < 4.78 is 21.6. The highest BCUT2D eigenvalue weighted by molar-refractivity contribution is 6.76. The summed E-state index contributed by atoms with van der Waals surface area (Å²) in [7, 11) is -1.21. The van der Waals surface area contributed by atoms with Crippen LogP contribution in [-0.4, -0.2) is 57.0 Å². The Morgan fingerprint density at radius 3 is 2.62 bits per heavy atom. The van der Waals surface area contributed by atoms with Gasteiger partial charge in [0.2, 0.25) is 0 Å². The van der Waals surface area contributed by atoms with E-state index in [2.05, 4.69) is 24.7 Å². The van der Waals surface area contributed by atoms with Crippen LogP contribution in [0.15, 0.2) is 54.7 Å². The summed E-state index contributed by atoms with van der Waals surface area (Å²) in [5.74, 6) is -0.212. The molecule has 0 atom stereocenters. The number of benzene rings is 2. The maximum atomic E-state index is 11.6. The third-order valence-electron chi connectivity index (χ3n) is 6.89. The molecule has 0 spiro atoms. The normalized spacial score (nSPS) is 14.1. The molecule has 1 aliphatic carbocycles. The van der Waals surface area contributed by atoms with Crippen LogP contribution in [0.2, 0.25) is 25.7 Å². The molecule has 0 unspecified atom stereocenters. The van der Waals surface area contributed by atoms with Crippen molar-refractivity contribution in [1.82, 2.24) is 19.6 Å². The summed E-state index contributed by atoms with van der Waals surface area (Å²) in [6, 6.07) is 17.0. The molecule has 5 rings (SSSR count). The summed E-state index contributed by atoms with van der Waals surface area (Å²) in [4.78, 5) is 11.6. The maximum Gasteiger partial charge on any atom is 0.335 e. The minimum absolute atomic E-state index is 0.0482. The Bertz CT molecular complexity index is 1500. The fourth-order valence-electron chi connectivity index (χ4n) is 4.24. The molecule has 0 amide bonds. The first-order valence-corrected chi connectivity index (χ1v) is 17.5. The highest BCUT2D eigenvalue weighted by Crippen LogP contribution is 2.33. The van der Waals surface area contributed by atoms with Crippen molar-refractivity contribution in [1.29, 1.82) is 0 Å². The van der Waals surface area contributed by atoms with Gasteiger partial charge < -0.3 is 19.3 Å². The van der Waals surface area contributed by atoms with E-state index in [-0.39, 0.29) is 12.7 Å². The lowest BCUT2D eigenvalue weighted by Crippen LogP contribution is -2.34. The minimum Gasteiger partial charge on any atom is -0.490 e. The first-order chi connectivity index (χ1) is 19.0. The number of carboxylic acids is 1. The number of hydrogen-bond donors (Lipinski definition) is 1. The number of aromatic nitrogens is 4. The highest BCUT2D eigenvalue weighted by Gasteiger charge is 2.29. The second kappa shape index (κ2) is 11.2. The van der Waals surface area contributed by atoms with E-state index in [4.69, 9.17) is 19.3 Å². The predicted molar refractivity (Wildman–Crippen MR) is 157 cm³/mol. The Morgan fingerprint density at radius 1 is 1.12 bits per heavy atom. The van der Waals surface area contributed by atoms with Crippen molar-refractivity contribution in [2.75, 3.05) is 6.61 Å². The van der Waals surface area contributed by atoms with E-state index in [1.807, 2.05) is 64.1 Å². The average molecular weight is 563 g/mol. The molecule has 2 heterocycles. The van der Waals surface area contributed by atoms with Crippen LogP contribution in [0.3, 0.4) is 0 Å². The first-order valence-electron chi connectivity index (χ1n) is 13.8. The summed E-state index contributed by atoms with van der Waals surface area (Å²) in [6.45, 7) is 11.2. The third-order valence-corrected chi connectivity index (χ3v) is 8.60. The van der Waals surface area contributed by atoms with Crippen molar-refractivity contribution >= 4 is 24.9 Å². The van der Waals surface area contributed by atoms with E-state index in [1.54, 1.807) is 0 Å². The van der Waals surface area contributed by atoms with Gasteiger partial charge in [0, 0.05) is 25.6 Å². The zero-order valence-corrected chi connectivity index (χ0v) is 24.9. The van der Waals surface area contributed by atoms with Crippen molar-refractivity contribution in [2.45, 2.75) is 77.4 Å². The first kappa shape index (κ1) is 28.1. The molecule has 1 fully saturated rings. The fourth-order valence-corrected chi connectivity index (χ4v) is 4.99. The molecule has 0 bridgehead atoms. The minimum atomic E-state index is -1.34. The van der Waals surface area contributed by atoms with Crippen LogP contribution in [-0.2, 0) is 27.6 Å². The summed E-state index contributed by atoms with van der Waals surface area (Å²) in [5.41, 5.74) is 2.80. The van der Waals surface area contributed by atoms with Crippen molar-refractivity contribution in [3.63, 3.8) is 0 Å².